The summed E-state index contributed by atoms with van der Waals surface area (Å²) < 4.78 is 2.72. The summed E-state index contributed by atoms with van der Waals surface area (Å²) in [6.07, 6.45) is 3.41. The van der Waals surface area contributed by atoms with Crippen LogP contribution in [0.1, 0.15) is 16.7 Å². The summed E-state index contributed by atoms with van der Waals surface area (Å²) in [4.78, 5) is 0. The van der Waals surface area contributed by atoms with Gasteiger partial charge >= 0.3 is 0 Å². The molecular weight excluding hydrogens is 372 g/mol. The second-order valence-electron chi connectivity index (χ2n) is 5.03. The minimum Gasteiger partial charge on any atom is -0.195 e. The van der Waals surface area contributed by atoms with Crippen molar-refractivity contribution in [2.45, 2.75) is 17.8 Å². The minimum absolute atomic E-state index is 0.775. The maximum Gasteiger partial charge on any atom is 0.212 e. The predicted octanol–water partition coefficient (Wildman–Crippen LogP) is 4.52. The Morgan fingerprint density at radius 2 is 2.04 bits per heavy atom. The molecular formula is C17H15BrN4S. The summed E-state index contributed by atoms with van der Waals surface area (Å²) in [5.74, 6) is 0.839. The molecule has 2 aromatic carbocycles. The number of aromatic nitrogens is 3. The second-order valence-corrected chi connectivity index (χ2v) is 6.89. The Bertz CT molecular complexity index is 811. The first-order valence-electron chi connectivity index (χ1n) is 7.09. The molecule has 0 atom stereocenters. The Labute approximate surface area is 147 Å². The number of hydrogen-bond acceptors (Lipinski definition) is 4. The van der Waals surface area contributed by atoms with Gasteiger partial charge < -0.3 is 0 Å². The Balaban J connectivity index is 1.68. The van der Waals surface area contributed by atoms with E-state index in [2.05, 4.69) is 62.4 Å². The Kier molecular flexibility index (Phi) is 5.25. The number of benzene rings is 2. The summed E-state index contributed by atoms with van der Waals surface area (Å²) in [6.45, 7) is 2.09. The van der Waals surface area contributed by atoms with Crippen LogP contribution in [-0.4, -0.2) is 21.1 Å². The van der Waals surface area contributed by atoms with Gasteiger partial charge in [-0.1, -0.05) is 69.7 Å². The lowest BCUT2D eigenvalue weighted by molar-refractivity contribution is 0.767. The van der Waals surface area contributed by atoms with Gasteiger partial charge in [0.15, 0.2) is 0 Å². The Morgan fingerprint density at radius 3 is 2.83 bits per heavy atom. The lowest BCUT2D eigenvalue weighted by Gasteiger charge is -2.02. The van der Waals surface area contributed by atoms with Crippen molar-refractivity contribution in [2.24, 2.45) is 5.10 Å². The third-order valence-corrected chi connectivity index (χ3v) is 4.67. The van der Waals surface area contributed by atoms with E-state index in [1.807, 2.05) is 24.3 Å². The average molecular weight is 387 g/mol. The number of rotatable bonds is 5. The summed E-state index contributed by atoms with van der Waals surface area (Å²) in [7, 11) is 0. The van der Waals surface area contributed by atoms with E-state index in [-0.39, 0.29) is 0 Å². The first kappa shape index (κ1) is 16.0. The van der Waals surface area contributed by atoms with E-state index >= 15 is 0 Å². The molecule has 0 saturated heterocycles. The average Bonchev–Trinajstić information content (AvgIpc) is 3.00. The highest BCUT2D eigenvalue weighted by atomic mass is 79.9. The zero-order valence-corrected chi connectivity index (χ0v) is 15.0. The Hall–Kier alpha value is -1.92. The lowest BCUT2D eigenvalue weighted by atomic mass is 10.2. The highest BCUT2D eigenvalue weighted by Gasteiger charge is 2.04. The number of aryl methyl sites for hydroxylation is 1. The zero-order valence-electron chi connectivity index (χ0n) is 12.6. The summed E-state index contributed by atoms with van der Waals surface area (Å²) in [5.41, 5.74) is 3.54. The molecule has 4 nitrogen and oxygen atoms in total. The fraction of sp³-hybridized carbons (Fsp3) is 0.118. The molecule has 1 heterocycles. The third kappa shape index (κ3) is 4.53. The van der Waals surface area contributed by atoms with E-state index in [0.717, 1.165) is 20.9 Å². The number of halogens is 1. The van der Waals surface area contributed by atoms with E-state index in [0.29, 0.717) is 0 Å². The van der Waals surface area contributed by atoms with Gasteiger partial charge in [-0.15, -0.1) is 10.2 Å². The van der Waals surface area contributed by atoms with E-state index < -0.39 is 0 Å². The van der Waals surface area contributed by atoms with Crippen molar-refractivity contribution in [2.75, 3.05) is 0 Å². The van der Waals surface area contributed by atoms with Crippen molar-refractivity contribution in [1.82, 2.24) is 14.9 Å². The van der Waals surface area contributed by atoms with Crippen molar-refractivity contribution in [3.63, 3.8) is 0 Å². The molecule has 1 aromatic heterocycles. The number of nitrogens with zero attached hydrogens (tertiary/aromatic N) is 4. The van der Waals surface area contributed by atoms with E-state index in [9.17, 15) is 0 Å². The van der Waals surface area contributed by atoms with Gasteiger partial charge in [0.25, 0.3) is 0 Å². The van der Waals surface area contributed by atoms with Gasteiger partial charge in [0.05, 0.1) is 6.21 Å². The molecule has 6 heteroatoms. The first-order chi connectivity index (χ1) is 11.2. The molecule has 0 bridgehead atoms. The fourth-order valence-electron chi connectivity index (χ4n) is 1.94. The molecule has 0 spiro atoms. The van der Waals surface area contributed by atoms with Crippen LogP contribution in [0.15, 0.2) is 69.6 Å². The molecule has 0 radical (unpaired) electrons. The van der Waals surface area contributed by atoms with Crippen LogP contribution in [0.5, 0.6) is 0 Å². The van der Waals surface area contributed by atoms with Crippen molar-refractivity contribution in [3.05, 3.63) is 76.0 Å². The molecule has 0 unspecified atom stereocenters. The van der Waals surface area contributed by atoms with Crippen LogP contribution in [0.3, 0.4) is 0 Å². The third-order valence-electron chi connectivity index (χ3n) is 3.17. The first-order valence-corrected chi connectivity index (χ1v) is 8.87. The molecule has 0 amide bonds. The molecule has 0 aliphatic heterocycles. The molecule has 0 aliphatic rings. The highest BCUT2D eigenvalue weighted by molar-refractivity contribution is 9.10. The summed E-state index contributed by atoms with van der Waals surface area (Å²) in [5, 5.41) is 13.3. The number of hydrogen-bond donors (Lipinski definition) is 0. The van der Waals surface area contributed by atoms with E-state index in [1.165, 1.54) is 11.1 Å². The van der Waals surface area contributed by atoms with Gasteiger partial charge in [0.1, 0.15) is 6.33 Å². The predicted molar refractivity (Wildman–Crippen MR) is 97.9 cm³/mol. The van der Waals surface area contributed by atoms with E-state index in [1.54, 1.807) is 29.0 Å². The molecule has 116 valence electrons. The molecule has 3 rings (SSSR count). The fourth-order valence-corrected chi connectivity index (χ4v) is 3.18. The maximum atomic E-state index is 4.43. The largest absolute Gasteiger partial charge is 0.212 e. The van der Waals surface area contributed by atoms with E-state index in [4.69, 9.17) is 0 Å². The number of thioether (sulfide) groups is 1. The standard InChI is InChI=1S/C17H15BrN4S/c1-13-5-7-14(8-6-13)11-23-17-21-19-12-22(17)20-10-15-3-2-4-16(18)9-15/h2-10,12H,11H2,1H3/b20-10-. The van der Waals surface area contributed by atoms with Crippen molar-refractivity contribution in [3.8, 4) is 0 Å². The van der Waals surface area contributed by atoms with Crippen LogP contribution in [0.4, 0.5) is 0 Å². The SMILES string of the molecule is Cc1ccc(CSc2nncn2/N=C\c2cccc(Br)c2)cc1. The summed E-state index contributed by atoms with van der Waals surface area (Å²) in [6, 6.07) is 16.5. The topological polar surface area (TPSA) is 43.1 Å². The maximum absolute atomic E-state index is 4.43. The van der Waals surface area contributed by atoms with Gasteiger partial charge in [-0.25, -0.2) is 0 Å². The van der Waals surface area contributed by atoms with Crippen LogP contribution in [0.25, 0.3) is 0 Å². The van der Waals surface area contributed by atoms with Gasteiger partial charge in [-0.3, -0.25) is 0 Å². The molecule has 3 aromatic rings. The monoisotopic (exact) mass is 386 g/mol. The van der Waals surface area contributed by atoms with Crippen molar-refractivity contribution < 1.29 is 0 Å². The van der Waals surface area contributed by atoms with Crippen LogP contribution < -0.4 is 0 Å². The van der Waals surface area contributed by atoms with Crippen molar-refractivity contribution >= 4 is 33.9 Å². The van der Waals surface area contributed by atoms with Crippen LogP contribution in [0, 0.1) is 6.92 Å². The summed E-state index contributed by atoms with van der Waals surface area (Å²) >= 11 is 5.07. The van der Waals surface area contributed by atoms with Gasteiger partial charge in [-0.05, 0) is 30.2 Å². The highest BCUT2D eigenvalue weighted by Crippen LogP contribution is 2.20. The normalized spacial score (nSPS) is 11.2. The minimum atomic E-state index is 0.775. The molecule has 23 heavy (non-hydrogen) atoms. The quantitative estimate of drug-likeness (QED) is 0.478. The Morgan fingerprint density at radius 1 is 1.22 bits per heavy atom. The second kappa shape index (κ2) is 7.57. The van der Waals surface area contributed by atoms with Gasteiger partial charge in [0.2, 0.25) is 5.16 Å². The molecule has 0 N–H and O–H groups in total. The lowest BCUT2D eigenvalue weighted by Crippen LogP contribution is -1.93. The van der Waals surface area contributed by atoms with Crippen molar-refractivity contribution in [1.29, 1.82) is 0 Å². The van der Waals surface area contributed by atoms with Gasteiger partial charge in [0, 0.05) is 10.2 Å². The van der Waals surface area contributed by atoms with Crippen LogP contribution >= 0.6 is 27.7 Å². The zero-order chi connectivity index (χ0) is 16.1. The van der Waals surface area contributed by atoms with Gasteiger partial charge in [-0.2, -0.15) is 9.78 Å². The smallest absolute Gasteiger partial charge is 0.195 e. The molecule has 0 aliphatic carbocycles. The van der Waals surface area contributed by atoms with Crippen LogP contribution in [0.2, 0.25) is 0 Å². The molecule has 0 saturated carbocycles. The molecule has 0 fully saturated rings. The van der Waals surface area contributed by atoms with Crippen LogP contribution in [-0.2, 0) is 5.75 Å².